The van der Waals surface area contributed by atoms with Crippen molar-refractivity contribution in [2.75, 3.05) is 37.2 Å². The third kappa shape index (κ3) is 7.05. The summed E-state index contributed by atoms with van der Waals surface area (Å²) in [5, 5.41) is 3.29. The van der Waals surface area contributed by atoms with E-state index in [2.05, 4.69) is 39.6 Å². The lowest BCUT2D eigenvalue weighted by Gasteiger charge is -2.15. The van der Waals surface area contributed by atoms with Gasteiger partial charge in [-0.25, -0.2) is 23.6 Å². The fourth-order valence-electron chi connectivity index (χ4n) is 4.15. The largest absolute Gasteiger partial charge is 0.354 e. The average molecular weight is 535 g/mol. The van der Waals surface area contributed by atoms with Gasteiger partial charge in [-0.15, -0.1) is 0 Å². The summed E-state index contributed by atoms with van der Waals surface area (Å²) < 4.78 is 31.0. The molecule has 0 radical (unpaired) electrons. The molecule has 1 atom stereocenters. The first kappa shape index (κ1) is 27.5. The standard InChI is InChI=1S/C29H35FN6OS/c1-20(2)23-17-26(33-27-18-32-29(34-28(23)27)31-14-9-15-36(3)4)22-12-13-25(24(30)16-22)35-38(5,37)19-21-10-7-6-8-11-21/h6-8,10-13,16-18,20H,5,9,14-15,19H2,1-4H3,(H,35,37)(H,31,32,34). The van der Waals surface area contributed by atoms with Crippen LogP contribution in [-0.4, -0.2) is 57.1 Å². The van der Waals surface area contributed by atoms with Gasteiger partial charge in [0.05, 0.1) is 28.8 Å². The van der Waals surface area contributed by atoms with Crippen LogP contribution in [0.3, 0.4) is 0 Å². The van der Waals surface area contributed by atoms with Crippen LogP contribution < -0.4 is 10.0 Å². The fraction of sp³-hybridized carbons (Fsp3) is 0.310. The number of fused-ring (bicyclic) bond motifs is 1. The van der Waals surface area contributed by atoms with Crippen LogP contribution in [0.25, 0.3) is 22.3 Å². The maximum absolute atomic E-state index is 15.1. The number of rotatable bonds is 11. The van der Waals surface area contributed by atoms with Crippen LogP contribution in [-0.2, 0) is 15.5 Å². The smallest absolute Gasteiger partial charge is 0.223 e. The number of halogens is 1. The Bertz CT molecular complexity index is 1510. The van der Waals surface area contributed by atoms with Gasteiger partial charge >= 0.3 is 0 Å². The van der Waals surface area contributed by atoms with Gasteiger partial charge < -0.3 is 14.9 Å². The number of benzene rings is 2. The van der Waals surface area contributed by atoms with Gasteiger partial charge in [-0.3, -0.25) is 0 Å². The molecular formula is C29H35FN6OS. The van der Waals surface area contributed by atoms with E-state index < -0.39 is 15.5 Å². The van der Waals surface area contributed by atoms with Gasteiger partial charge in [-0.2, -0.15) is 0 Å². The van der Waals surface area contributed by atoms with E-state index in [9.17, 15) is 4.21 Å². The molecule has 7 nitrogen and oxygen atoms in total. The Hall–Kier alpha value is -3.56. The molecule has 2 heterocycles. The van der Waals surface area contributed by atoms with Gasteiger partial charge in [0.2, 0.25) is 5.95 Å². The Labute approximate surface area is 224 Å². The Morgan fingerprint density at radius 2 is 1.84 bits per heavy atom. The summed E-state index contributed by atoms with van der Waals surface area (Å²) >= 11 is 0. The van der Waals surface area contributed by atoms with Crippen molar-refractivity contribution < 1.29 is 8.60 Å². The van der Waals surface area contributed by atoms with Crippen LogP contribution in [0, 0.1) is 5.82 Å². The van der Waals surface area contributed by atoms with Crippen LogP contribution in [0.2, 0.25) is 0 Å². The van der Waals surface area contributed by atoms with E-state index in [0.29, 0.717) is 22.7 Å². The third-order valence-corrected chi connectivity index (χ3v) is 7.46. The minimum absolute atomic E-state index is 0.142. The van der Waals surface area contributed by atoms with E-state index in [-0.39, 0.29) is 17.4 Å². The molecule has 0 fully saturated rings. The first-order valence-corrected chi connectivity index (χ1v) is 14.5. The predicted molar refractivity (Wildman–Crippen MR) is 158 cm³/mol. The number of nitrogens with one attached hydrogen (secondary N) is 2. The van der Waals surface area contributed by atoms with Crippen molar-refractivity contribution >= 4 is 38.2 Å². The summed E-state index contributed by atoms with van der Waals surface area (Å²) in [4.78, 5) is 16.0. The number of anilines is 2. The van der Waals surface area contributed by atoms with E-state index in [1.807, 2.05) is 50.5 Å². The summed E-state index contributed by atoms with van der Waals surface area (Å²) in [5.74, 6) is 4.23. The van der Waals surface area contributed by atoms with Gasteiger partial charge in [0.1, 0.15) is 11.3 Å². The second-order valence-electron chi connectivity index (χ2n) is 10.0. The minimum atomic E-state index is -2.78. The van der Waals surface area contributed by atoms with E-state index in [0.717, 1.165) is 36.2 Å². The quantitative estimate of drug-likeness (QED) is 0.194. The van der Waals surface area contributed by atoms with Crippen molar-refractivity contribution in [1.82, 2.24) is 19.9 Å². The summed E-state index contributed by atoms with van der Waals surface area (Å²) in [5.41, 5.74) is 4.69. The van der Waals surface area contributed by atoms with E-state index in [1.54, 1.807) is 18.3 Å². The van der Waals surface area contributed by atoms with Crippen molar-refractivity contribution in [3.05, 3.63) is 77.7 Å². The van der Waals surface area contributed by atoms with Gasteiger partial charge in [0.15, 0.2) is 0 Å². The number of pyridine rings is 1. The van der Waals surface area contributed by atoms with E-state index >= 15 is 4.39 Å². The van der Waals surface area contributed by atoms with Crippen LogP contribution >= 0.6 is 0 Å². The first-order chi connectivity index (χ1) is 18.1. The fourth-order valence-corrected chi connectivity index (χ4v) is 5.52. The number of nitrogens with zero attached hydrogens (tertiary/aromatic N) is 4. The molecule has 0 saturated heterocycles. The number of hydrogen-bond donors (Lipinski definition) is 2. The SMILES string of the molecule is C=S(=O)(Cc1ccccc1)Nc1ccc(-c2cc(C(C)C)c3nc(NCCCN(C)C)ncc3n2)cc1F. The molecule has 4 rings (SSSR count). The molecule has 38 heavy (non-hydrogen) atoms. The van der Waals surface area contributed by atoms with Crippen molar-refractivity contribution in [3.8, 4) is 11.3 Å². The summed E-state index contributed by atoms with van der Waals surface area (Å²) in [6.07, 6.45) is 2.69. The minimum Gasteiger partial charge on any atom is -0.354 e. The molecular weight excluding hydrogens is 499 g/mol. The molecule has 2 N–H and O–H groups in total. The number of aromatic nitrogens is 3. The molecule has 2 aromatic carbocycles. The summed E-state index contributed by atoms with van der Waals surface area (Å²) in [6.45, 7) is 5.94. The molecule has 200 valence electrons. The highest BCUT2D eigenvalue weighted by molar-refractivity contribution is 8.00. The highest BCUT2D eigenvalue weighted by atomic mass is 32.2. The van der Waals surface area contributed by atoms with Gasteiger partial charge in [0, 0.05) is 21.8 Å². The summed E-state index contributed by atoms with van der Waals surface area (Å²) in [6, 6.07) is 16.1. The lowest BCUT2D eigenvalue weighted by atomic mass is 9.99. The van der Waals surface area contributed by atoms with E-state index in [1.165, 1.54) is 6.07 Å². The molecule has 9 heteroatoms. The summed E-state index contributed by atoms with van der Waals surface area (Å²) in [7, 11) is 1.31. The van der Waals surface area contributed by atoms with E-state index in [4.69, 9.17) is 9.97 Å². The van der Waals surface area contributed by atoms with Gasteiger partial charge in [0.25, 0.3) is 0 Å². The van der Waals surface area contributed by atoms with Crippen molar-refractivity contribution in [1.29, 1.82) is 0 Å². The zero-order chi connectivity index (χ0) is 27.3. The third-order valence-electron chi connectivity index (χ3n) is 6.07. The van der Waals surface area contributed by atoms with Crippen molar-refractivity contribution in [3.63, 3.8) is 0 Å². The predicted octanol–water partition coefficient (Wildman–Crippen LogP) is 5.56. The van der Waals surface area contributed by atoms with Crippen LogP contribution in [0.5, 0.6) is 0 Å². The maximum atomic E-state index is 15.1. The Morgan fingerprint density at radius 3 is 2.53 bits per heavy atom. The molecule has 2 aromatic heterocycles. The monoisotopic (exact) mass is 534 g/mol. The Balaban J connectivity index is 1.57. The topological polar surface area (TPSA) is 83.0 Å². The Morgan fingerprint density at radius 1 is 1.08 bits per heavy atom. The molecule has 0 bridgehead atoms. The second kappa shape index (κ2) is 11.9. The molecule has 4 aromatic rings. The van der Waals surface area contributed by atoms with Gasteiger partial charge in [-0.05, 0) is 68.2 Å². The van der Waals surface area contributed by atoms with Crippen LogP contribution in [0.1, 0.15) is 37.3 Å². The molecule has 0 aliphatic carbocycles. The molecule has 0 saturated carbocycles. The molecule has 1 unspecified atom stereocenters. The normalized spacial score (nSPS) is 13.1. The van der Waals surface area contributed by atoms with Crippen LogP contribution in [0.4, 0.5) is 16.0 Å². The van der Waals surface area contributed by atoms with Crippen LogP contribution in [0.15, 0.2) is 60.8 Å². The second-order valence-corrected chi connectivity index (χ2v) is 12.1. The number of hydrogen-bond acceptors (Lipinski definition) is 6. The molecule has 0 aliphatic heterocycles. The highest BCUT2D eigenvalue weighted by Crippen LogP contribution is 2.30. The zero-order valence-corrected chi connectivity index (χ0v) is 23.2. The first-order valence-electron chi connectivity index (χ1n) is 12.6. The molecule has 0 aliphatic rings. The maximum Gasteiger partial charge on any atom is 0.223 e. The van der Waals surface area contributed by atoms with Gasteiger partial charge in [-0.1, -0.05) is 50.2 Å². The lowest BCUT2D eigenvalue weighted by molar-refractivity contribution is 0.405. The zero-order valence-electron chi connectivity index (χ0n) is 22.4. The molecule has 0 spiro atoms. The molecule has 0 amide bonds. The highest BCUT2D eigenvalue weighted by Gasteiger charge is 2.15. The Kier molecular flexibility index (Phi) is 8.58. The average Bonchev–Trinajstić information content (AvgIpc) is 2.87. The lowest BCUT2D eigenvalue weighted by Crippen LogP contribution is -2.17. The van der Waals surface area contributed by atoms with Crippen molar-refractivity contribution in [2.24, 2.45) is 0 Å². The van der Waals surface area contributed by atoms with Crippen molar-refractivity contribution in [2.45, 2.75) is 31.9 Å².